The molecule has 0 unspecified atom stereocenters. The Labute approximate surface area is 122 Å². The smallest absolute Gasteiger partial charge is 0.328 e. The fraction of sp³-hybridized carbons (Fsp3) is 0.200. The highest BCUT2D eigenvalue weighted by atomic mass is 35.5. The Morgan fingerprint density at radius 1 is 1.40 bits per heavy atom. The number of aliphatic hydroxyl groups excluding tert-OH is 1. The maximum absolute atomic E-state index is 11.8. The highest BCUT2D eigenvalue weighted by Gasteiger charge is 2.24. The van der Waals surface area contributed by atoms with Crippen molar-refractivity contribution >= 4 is 40.8 Å². The van der Waals surface area contributed by atoms with E-state index in [1.165, 1.54) is 0 Å². The second-order valence-electron chi connectivity index (χ2n) is 3.59. The van der Waals surface area contributed by atoms with Gasteiger partial charge in [-0.1, -0.05) is 23.2 Å². The minimum atomic E-state index is -1.56. The predicted octanol–water partition coefficient (Wildman–Crippen LogP) is 1.08. The van der Waals surface area contributed by atoms with Gasteiger partial charge in [-0.05, 0) is 0 Å². The molecule has 1 atom stereocenters. The quantitative estimate of drug-likeness (QED) is 0.549. The average molecular weight is 323 g/mol. The number of benzene rings is 1. The van der Waals surface area contributed by atoms with Crippen LogP contribution >= 0.6 is 23.2 Å². The number of halogens is 2. The summed E-state index contributed by atoms with van der Waals surface area (Å²) in [4.78, 5) is 32.4. The lowest BCUT2D eigenvalue weighted by Crippen LogP contribution is -2.43. The molecule has 0 saturated heterocycles. The summed E-state index contributed by atoms with van der Waals surface area (Å²) >= 11 is 11.4. The molecule has 3 N–H and O–H groups in total. The molecule has 1 aromatic rings. The molecule has 0 radical (unpaired) electrons. The zero-order valence-electron chi connectivity index (χ0n) is 9.67. The lowest BCUT2D eigenvalue weighted by molar-refractivity contribution is -0.384. The van der Waals surface area contributed by atoms with Crippen LogP contribution in [0.15, 0.2) is 12.1 Å². The molecule has 0 aromatic heterocycles. The van der Waals surface area contributed by atoms with E-state index in [0.29, 0.717) is 0 Å². The Hall–Kier alpha value is -1.90. The number of nitro groups is 1. The van der Waals surface area contributed by atoms with E-state index >= 15 is 0 Å². The molecule has 0 aliphatic rings. The Kier molecular flexibility index (Phi) is 5.26. The minimum Gasteiger partial charge on any atom is -0.480 e. The summed E-state index contributed by atoms with van der Waals surface area (Å²) in [6, 6.07) is 0.262. The zero-order valence-corrected chi connectivity index (χ0v) is 11.2. The molecule has 0 heterocycles. The van der Waals surface area contributed by atoms with E-state index in [0.717, 1.165) is 12.1 Å². The maximum Gasteiger partial charge on any atom is 0.328 e. The van der Waals surface area contributed by atoms with E-state index in [1.54, 1.807) is 0 Å². The van der Waals surface area contributed by atoms with Crippen LogP contribution in [0.25, 0.3) is 0 Å². The first-order chi connectivity index (χ1) is 9.27. The zero-order chi connectivity index (χ0) is 15.4. The van der Waals surface area contributed by atoms with Gasteiger partial charge in [0.2, 0.25) is 0 Å². The first-order valence-electron chi connectivity index (χ1n) is 5.06. The second kappa shape index (κ2) is 6.51. The van der Waals surface area contributed by atoms with Gasteiger partial charge in [-0.2, -0.15) is 0 Å². The molecule has 20 heavy (non-hydrogen) atoms. The first-order valence-corrected chi connectivity index (χ1v) is 5.81. The van der Waals surface area contributed by atoms with Gasteiger partial charge in [0.1, 0.15) is 0 Å². The molecule has 0 bridgehead atoms. The third kappa shape index (κ3) is 3.56. The maximum atomic E-state index is 11.8. The van der Waals surface area contributed by atoms with Crippen LogP contribution in [-0.2, 0) is 4.79 Å². The third-order valence-electron chi connectivity index (χ3n) is 2.25. The SMILES string of the molecule is O=C(N[C@H](CO)C(=O)O)c1cc([N+](=O)[O-])cc(Cl)c1Cl. The van der Waals surface area contributed by atoms with Crippen LogP contribution in [0.1, 0.15) is 10.4 Å². The molecule has 0 fully saturated rings. The summed E-state index contributed by atoms with van der Waals surface area (Å²) in [6.07, 6.45) is 0. The van der Waals surface area contributed by atoms with Crippen molar-refractivity contribution in [3.05, 3.63) is 37.9 Å². The summed E-state index contributed by atoms with van der Waals surface area (Å²) in [5, 5.41) is 29.6. The third-order valence-corrected chi connectivity index (χ3v) is 3.06. The van der Waals surface area contributed by atoms with Gasteiger partial charge in [0.15, 0.2) is 6.04 Å². The van der Waals surface area contributed by atoms with Gasteiger partial charge in [-0.3, -0.25) is 14.9 Å². The molecule has 10 heteroatoms. The molecule has 108 valence electrons. The van der Waals surface area contributed by atoms with Crippen molar-refractivity contribution in [2.24, 2.45) is 0 Å². The molecular formula is C10H8Cl2N2O6. The lowest BCUT2D eigenvalue weighted by Gasteiger charge is -2.12. The number of carboxylic acids is 1. The fourth-order valence-corrected chi connectivity index (χ4v) is 1.68. The molecule has 8 nitrogen and oxygen atoms in total. The first kappa shape index (κ1) is 16.2. The average Bonchev–Trinajstić information content (AvgIpc) is 2.37. The van der Waals surface area contributed by atoms with Crippen molar-refractivity contribution in [1.29, 1.82) is 0 Å². The molecule has 0 spiro atoms. The van der Waals surface area contributed by atoms with Crippen LogP contribution in [0.4, 0.5) is 5.69 Å². The normalized spacial score (nSPS) is 11.8. The molecule has 0 aliphatic carbocycles. The molecule has 1 amide bonds. The molecule has 0 saturated carbocycles. The van der Waals surface area contributed by atoms with E-state index < -0.39 is 35.1 Å². The highest BCUT2D eigenvalue weighted by Crippen LogP contribution is 2.30. The summed E-state index contributed by atoms with van der Waals surface area (Å²) in [5.74, 6) is -2.46. The summed E-state index contributed by atoms with van der Waals surface area (Å²) in [7, 11) is 0. The van der Waals surface area contributed by atoms with Crippen molar-refractivity contribution < 1.29 is 24.7 Å². The van der Waals surface area contributed by atoms with Crippen molar-refractivity contribution in [1.82, 2.24) is 5.32 Å². The van der Waals surface area contributed by atoms with Gasteiger partial charge in [0, 0.05) is 12.1 Å². The Morgan fingerprint density at radius 3 is 2.45 bits per heavy atom. The van der Waals surface area contributed by atoms with Crippen LogP contribution in [0, 0.1) is 10.1 Å². The number of carboxylic acid groups (broad SMARTS) is 1. The number of nitrogens with zero attached hydrogens (tertiary/aromatic N) is 1. The Bertz CT molecular complexity index is 577. The van der Waals surface area contributed by atoms with Crippen LogP contribution in [0.2, 0.25) is 10.0 Å². The van der Waals surface area contributed by atoms with Gasteiger partial charge in [-0.25, -0.2) is 4.79 Å². The van der Waals surface area contributed by atoms with E-state index in [9.17, 15) is 19.7 Å². The number of carbonyl (C=O) groups is 2. The number of hydrogen-bond acceptors (Lipinski definition) is 5. The summed E-state index contributed by atoms with van der Waals surface area (Å²) in [6.45, 7) is -0.846. The van der Waals surface area contributed by atoms with E-state index in [4.69, 9.17) is 33.4 Å². The van der Waals surface area contributed by atoms with Gasteiger partial charge >= 0.3 is 5.97 Å². The van der Waals surface area contributed by atoms with Gasteiger partial charge < -0.3 is 15.5 Å². The summed E-state index contributed by atoms with van der Waals surface area (Å²) < 4.78 is 0. The second-order valence-corrected chi connectivity index (χ2v) is 4.38. The number of rotatable bonds is 5. The molecule has 1 rings (SSSR count). The molecular weight excluding hydrogens is 315 g/mol. The predicted molar refractivity (Wildman–Crippen MR) is 69.1 cm³/mol. The minimum absolute atomic E-state index is 0.220. The Balaban J connectivity index is 3.15. The number of nitrogens with one attached hydrogen (secondary N) is 1. The summed E-state index contributed by atoms with van der Waals surface area (Å²) in [5.41, 5.74) is -0.828. The number of amides is 1. The topological polar surface area (TPSA) is 130 Å². The Morgan fingerprint density at radius 2 is 2.00 bits per heavy atom. The molecule has 1 aromatic carbocycles. The van der Waals surface area contributed by atoms with Crippen molar-refractivity contribution in [2.75, 3.05) is 6.61 Å². The van der Waals surface area contributed by atoms with E-state index in [1.807, 2.05) is 5.32 Å². The van der Waals surface area contributed by atoms with E-state index in [2.05, 4.69) is 0 Å². The van der Waals surface area contributed by atoms with Crippen LogP contribution in [0.3, 0.4) is 0 Å². The van der Waals surface area contributed by atoms with Crippen LogP contribution in [0.5, 0.6) is 0 Å². The largest absolute Gasteiger partial charge is 0.480 e. The fourth-order valence-electron chi connectivity index (χ4n) is 1.27. The standard InChI is InChI=1S/C10H8Cl2N2O6/c11-6-2-4(14(19)20)1-5(8(6)12)9(16)13-7(3-15)10(17)18/h1-2,7,15H,3H2,(H,13,16)(H,17,18)/t7-/m1/s1. The van der Waals surface area contributed by atoms with Gasteiger partial charge in [-0.15, -0.1) is 0 Å². The van der Waals surface area contributed by atoms with Gasteiger partial charge in [0.25, 0.3) is 11.6 Å². The number of nitro benzene ring substituents is 1. The lowest BCUT2D eigenvalue weighted by atomic mass is 10.1. The number of aliphatic carboxylic acids is 1. The number of hydrogen-bond donors (Lipinski definition) is 3. The van der Waals surface area contributed by atoms with Gasteiger partial charge in [0.05, 0.1) is 27.1 Å². The number of non-ortho nitro benzene ring substituents is 1. The number of carbonyl (C=O) groups excluding carboxylic acids is 1. The highest BCUT2D eigenvalue weighted by molar-refractivity contribution is 6.44. The van der Waals surface area contributed by atoms with Crippen molar-refractivity contribution in [2.45, 2.75) is 6.04 Å². The monoisotopic (exact) mass is 322 g/mol. The van der Waals surface area contributed by atoms with E-state index in [-0.39, 0.29) is 15.6 Å². The van der Waals surface area contributed by atoms with Crippen LogP contribution in [-0.4, -0.2) is 39.7 Å². The van der Waals surface area contributed by atoms with Crippen molar-refractivity contribution in [3.63, 3.8) is 0 Å². The van der Waals surface area contributed by atoms with Crippen molar-refractivity contribution in [3.8, 4) is 0 Å². The molecule has 0 aliphatic heterocycles. The van der Waals surface area contributed by atoms with Crippen LogP contribution < -0.4 is 5.32 Å². The number of aliphatic hydroxyl groups is 1.